The van der Waals surface area contributed by atoms with Crippen LogP contribution in [0, 0.1) is 5.92 Å². The minimum absolute atomic E-state index is 0. The number of esters is 2. The van der Waals surface area contributed by atoms with Crippen LogP contribution in [-0.2, 0) is 19.1 Å². The zero-order valence-corrected chi connectivity index (χ0v) is 20.4. The Morgan fingerprint density at radius 1 is 1.17 bits per heavy atom. The fraction of sp³-hybridized carbons (Fsp3) is 0.571. The van der Waals surface area contributed by atoms with Gasteiger partial charge in [0.2, 0.25) is 6.29 Å². The summed E-state index contributed by atoms with van der Waals surface area (Å²) >= 11 is 5.78. The number of rotatable bonds is 10. The molecule has 0 spiro atoms. The fourth-order valence-corrected chi connectivity index (χ4v) is 3.16. The summed E-state index contributed by atoms with van der Waals surface area (Å²) in [4.78, 5) is 35.9. The molecule has 1 saturated carbocycles. The predicted octanol–water partition coefficient (Wildman–Crippen LogP) is 1.73. The third kappa shape index (κ3) is 10.2. The van der Waals surface area contributed by atoms with E-state index < -0.39 is 18.4 Å². The normalized spacial score (nSPS) is 14.3. The molecule has 0 radical (unpaired) electrons. The average Bonchev–Trinajstić information content (AvgIpc) is 3.22. The first kappa shape index (κ1) is 26.8. The van der Waals surface area contributed by atoms with Gasteiger partial charge >= 0.3 is 47.6 Å². The molecule has 0 saturated heterocycles. The number of benzene rings is 1. The number of carbonyl (C=O) groups excluding carboxylic acids is 3. The molecule has 30 heavy (non-hydrogen) atoms. The number of hydrogen-bond acceptors (Lipinski definition) is 6. The summed E-state index contributed by atoms with van der Waals surface area (Å²) in [6, 6.07) is 6.48. The van der Waals surface area contributed by atoms with Crippen LogP contribution in [-0.4, -0.2) is 30.9 Å². The summed E-state index contributed by atoms with van der Waals surface area (Å²) in [7, 11) is 0. The van der Waals surface area contributed by atoms with Gasteiger partial charge in [0.05, 0.1) is 5.92 Å². The number of amides is 1. The van der Waals surface area contributed by atoms with Gasteiger partial charge in [-0.05, 0) is 49.9 Å². The number of alkyl carbamates (subject to hydrolysis) is 1. The summed E-state index contributed by atoms with van der Waals surface area (Å²) in [6.45, 7) is 2.16. The molecule has 1 aromatic rings. The van der Waals surface area contributed by atoms with Gasteiger partial charge in [0, 0.05) is 24.4 Å². The number of ether oxygens (including phenoxy) is 3. The van der Waals surface area contributed by atoms with Gasteiger partial charge in [0.25, 0.3) is 0 Å². The van der Waals surface area contributed by atoms with Crippen molar-refractivity contribution >= 4 is 29.6 Å². The van der Waals surface area contributed by atoms with E-state index in [0.29, 0.717) is 30.0 Å². The van der Waals surface area contributed by atoms with E-state index in [9.17, 15) is 14.4 Å². The van der Waals surface area contributed by atoms with Crippen LogP contribution in [0.3, 0.4) is 0 Å². The van der Waals surface area contributed by atoms with Crippen LogP contribution in [0.15, 0.2) is 24.3 Å². The molecule has 1 aliphatic rings. The van der Waals surface area contributed by atoms with E-state index in [4.69, 9.17) is 25.8 Å². The first-order chi connectivity index (χ1) is 14.0. The van der Waals surface area contributed by atoms with Crippen molar-refractivity contribution in [3.8, 4) is 5.75 Å². The van der Waals surface area contributed by atoms with Crippen LogP contribution in [0.25, 0.3) is 0 Å². The molecule has 0 bridgehead atoms. The molecule has 1 fully saturated rings. The largest absolute Gasteiger partial charge is 1.00 e. The van der Waals surface area contributed by atoms with Crippen LogP contribution in [0.4, 0.5) is 4.79 Å². The van der Waals surface area contributed by atoms with Crippen molar-refractivity contribution in [2.75, 3.05) is 6.54 Å². The molecule has 2 rings (SSSR count). The van der Waals surface area contributed by atoms with E-state index in [1.807, 2.05) is 6.92 Å². The summed E-state index contributed by atoms with van der Waals surface area (Å²) in [5, 5.41) is 3.12. The Kier molecular flexibility index (Phi) is 13.1. The first-order valence-electron chi connectivity index (χ1n) is 10.1. The number of nitrogens with one attached hydrogen (secondary N) is 1. The predicted molar refractivity (Wildman–Crippen MR) is 109 cm³/mol. The van der Waals surface area contributed by atoms with E-state index in [1.54, 1.807) is 24.3 Å². The van der Waals surface area contributed by atoms with E-state index >= 15 is 0 Å². The SMILES string of the molecule is CCCC(OC(=O)NCCCC(=O)Oc1ccc(Cl)cc1)OC(=O)C1CCCC1.[H-].[Na+]. The molecule has 7 nitrogen and oxygen atoms in total. The quantitative estimate of drug-likeness (QED) is 0.192. The fourth-order valence-electron chi connectivity index (χ4n) is 3.03. The third-order valence-corrected chi connectivity index (χ3v) is 4.82. The molecule has 9 heteroatoms. The topological polar surface area (TPSA) is 90.9 Å². The van der Waals surface area contributed by atoms with Crippen LogP contribution >= 0.6 is 11.6 Å². The summed E-state index contributed by atoms with van der Waals surface area (Å²) in [5.41, 5.74) is 0. The number of carbonyl (C=O) groups is 3. The maximum Gasteiger partial charge on any atom is 1.00 e. The Morgan fingerprint density at radius 2 is 1.83 bits per heavy atom. The molecule has 0 aliphatic heterocycles. The zero-order chi connectivity index (χ0) is 21.1. The van der Waals surface area contributed by atoms with Crippen LogP contribution in [0.5, 0.6) is 5.75 Å². The molecule has 1 N–H and O–H groups in total. The summed E-state index contributed by atoms with van der Waals surface area (Å²) in [5.74, 6) is -0.374. The summed E-state index contributed by atoms with van der Waals surface area (Å²) < 4.78 is 15.7. The third-order valence-electron chi connectivity index (χ3n) is 4.57. The Balaban J connectivity index is 0.00000450. The van der Waals surface area contributed by atoms with Crippen LogP contribution < -0.4 is 39.6 Å². The van der Waals surface area contributed by atoms with Crippen molar-refractivity contribution in [2.45, 2.75) is 64.6 Å². The molecule has 1 unspecified atom stereocenters. The van der Waals surface area contributed by atoms with Gasteiger partial charge < -0.3 is 21.0 Å². The maximum atomic E-state index is 12.1. The van der Waals surface area contributed by atoms with Gasteiger partial charge in [-0.25, -0.2) is 4.79 Å². The van der Waals surface area contributed by atoms with E-state index in [2.05, 4.69) is 5.32 Å². The second-order valence-electron chi connectivity index (χ2n) is 7.00. The van der Waals surface area contributed by atoms with Gasteiger partial charge in [-0.2, -0.15) is 0 Å². The Morgan fingerprint density at radius 3 is 2.47 bits per heavy atom. The Hall–Kier alpha value is -1.28. The standard InChI is InChI=1S/C21H28ClNO6.Na.H/c1-2-6-19(28-20(25)15-7-3-4-8-15)29-21(26)23-14-5-9-18(24)27-17-12-10-16(22)11-13-17;;/h10-13,15,19H,2-9,14H2,1H3,(H,23,26);;/q;+1;-1. The van der Waals surface area contributed by atoms with E-state index in [0.717, 1.165) is 25.7 Å². The Labute approximate surface area is 205 Å². The molecule has 0 heterocycles. The van der Waals surface area contributed by atoms with Gasteiger partial charge in [0.15, 0.2) is 0 Å². The van der Waals surface area contributed by atoms with Gasteiger partial charge in [-0.1, -0.05) is 31.4 Å². The van der Waals surface area contributed by atoms with Gasteiger partial charge in [0.1, 0.15) is 5.75 Å². The van der Waals surface area contributed by atoms with Crippen LogP contribution in [0.2, 0.25) is 5.02 Å². The second-order valence-corrected chi connectivity index (χ2v) is 7.44. The average molecular weight is 450 g/mol. The number of halogens is 1. The molecule has 1 aliphatic carbocycles. The minimum Gasteiger partial charge on any atom is -1.00 e. The molecular weight excluding hydrogens is 421 g/mol. The van der Waals surface area contributed by atoms with E-state index in [1.165, 1.54) is 0 Å². The summed E-state index contributed by atoms with van der Waals surface area (Å²) in [6.07, 6.45) is 3.84. The molecule has 1 atom stereocenters. The number of hydrogen-bond donors (Lipinski definition) is 1. The van der Waals surface area contributed by atoms with Gasteiger partial charge in [-0.3, -0.25) is 9.59 Å². The van der Waals surface area contributed by atoms with Crippen molar-refractivity contribution in [2.24, 2.45) is 5.92 Å². The molecule has 162 valence electrons. The first-order valence-corrected chi connectivity index (χ1v) is 10.5. The molecule has 1 aromatic carbocycles. The second kappa shape index (κ2) is 14.7. The Bertz CT molecular complexity index is 685. The van der Waals surface area contributed by atoms with Crippen molar-refractivity contribution in [1.29, 1.82) is 0 Å². The molecule has 1 amide bonds. The molecular formula is C21H29ClNNaO6. The van der Waals surface area contributed by atoms with Crippen molar-refractivity contribution in [3.63, 3.8) is 0 Å². The van der Waals surface area contributed by atoms with Crippen LogP contribution in [0.1, 0.15) is 59.7 Å². The van der Waals surface area contributed by atoms with Crippen molar-refractivity contribution in [3.05, 3.63) is 29.3 Å². The zero-order valence-electron chi connectivity index (χ0n) is 18.7. The van der Waals surface area contributed by atoms with E-state index in [-0.39, 0.29) is 55.8 Å². The smallest absolute Gasteiger partial charge is 1.00 e. The van der Waals surface area contributed by atoms with Crippen molar-refractivity contribution < 1.29 is 59.6 Å². The monoisotopic (exact) mass is 449 g/mol. The van der Waals surface area contributed by atoms with Crippen molar-refractivity contribution in [1.82, 2.24) is 5.32 Å². The molecule has 0 aromatic heterocycles. The minimum atomic E-state index is -0.886. The maximum absolute atomic E-state index is 12.1. The van der Waals surface area contributed by atoms with Gasteiger partial charge in [-0.15, -0.1) is 0 Å².